The van der Waals surface area contributed by atoms with Gasteiger partial charge in [0.15, 0.2) is 5.78 Å². The van der Waals surface area contributed by atoms with Crippen molar-refractivity contribution in [3.63, 3.8) is 0 Å². The third kappa shape index (κ3) is 1.93. The average Bonchev–Trinajstić information content (AvgIpc) is 2.71. The second kappa shape index (κ2) is 3.38. The standard InChI is InChI=1S/C8H10N4O/c13-7-2-1-6(3-7)9-4-8-10-5-11-12-8/h3,5,9H,1-2,4H2,(H,10,11,12). The van der Waals surface area contributed by atoms with Crippen LogP contribution in [0.2, 0.25) is 0 Å². The molecule has 0 aromatic carbocycles. The van der Waals surface area contributed by atoms with Crippen LogP contribution < -0.4 is 5.32 Å². The number of allylic oxidation sites excluding steroid dienone is 2. The van der Waals surface area contributed by atoms with E-state index < -0.39 is 0 Å². The lowest BCUT2D eigenvalue weighted by atomic mass is 10.3. The van der Waals surface area contributed by atoms with Crippen molar-refractivity contribution in [2.75, 3.05) is 0 Å². The van der Waals surface area contributed by atoms with Crippen LogP contribution >= 0.6 is 0 Å². The molecule has 13 heavy (non-hydrogen) atoms. The first-order valence-corrected chi connectivity index (χ1v) is 4.16. The zero-order valence-electron chi connectivity index (χ0n) is 7.08. The van der Waals surface area contributed by atoms with Crippen molar-refractivity contribution < 1.29 is 4.79 Å². The second-order valence-electron chi connectivity index (χ2n) is 2.92. The van der Waals surface area contributed by atoms with Gasteiger partial charge in [-0.05, 0) is 6.42 Å². The van der Waals surface area contributed by atoms with Crippen molar-refractivity contribution in [3.05, 3.63) is 23.9 Å². The summed E-state index contributed by atoms with van der Waals surface area (Å²) < 4.78 is 0. The highest BCUT2D eigenvalue weighted by atomic mass is 16.1. The van der Waals surface area contributed by atoms with E-state index in [2.05, 4.69) is 20.5 Å². The number of aromatic amines is 1. The molecule has 1 aliphatic rings. The van der Waals surface area contributed by atoms with Crippen LogP contribution in [-0.2, 0) is 11.3 Å². The van der Waals surface area contributed by atoms with Crippen LogP contribution in [0.1, 0.15) is 18.7 Å². The van der Waals surface area contributed by atoms with Gasteiger partial charge in [0, 0.05) is 18.2 Å². The number of carbonyl (C=O) groups excluding carboxylic acids is 1. The first-order valence-electron chi connectivity index (χ1n) is 4.16. The maximum atomic E-state index is 10.9. The lowest BCUT2D eigenvalue weighted by Gasteiger charge is -2.02. The first-order chi connectivity index (χ1) is 6.34. The fraction of sp³-hybridized carbons (Fsp3) is 0.375. The number of aromatic nitrogens is 3. The van der Waals surface area contributed by atoms with Gasteiger partial charge in [0.1, 0.15) is 12.2 Å². The molecule has 68 valence electrons. The molecule has 0 unspecified atom stereocenters. The minimum Gasteiger partial charge on any atom is -0.381 e. The Morgan fingerprint density at radius 2 is 2.46 bits per heavy atom. The Bertz CT molecular complexity index is 328. The summed E-state index contributed by atoms with van der Waals surface area (Å²) in [5.41, 5.74) is 0.987. The molecule has 0 spiro atoms. The molecule has 0 amide bonds. The van der Waals surface area contributed by atoms with Gasteiger partial charge in [0.25, 0.3) is 0 Å². The maximum absolute atomic E-state index is 10.9. The van der Waals surface area contributed by atoms with Crippen molar-refractivity contribution >= 4 is 5.78 Å². The Morgan fingerprint density at radius 1 is 1.54 bits per heavy atom. The molecule has 0 saturated heterocycles. The van der Waals surface area contributed by atoms with Crippen LogP contribution in [0.15, 0.2) is 18.1 Å². The molecule has 1 aromatic heterocycles. The van der Waals surface area contributed by atoms with Crippen LogP contribution in [0.3, 0.4) is 0 Å². The van der Waals surface area contributed by atoms with E-state index in [1.807, 2.05) is 0 Å². The van der Waals surface area contributed by atoms with Gasteiger partial charge < -0.3 is 5.32 Å². The largest absolute Gasteiger partial charge is 0.381 e. The van der Waals surface area contributed by atoms with E-state index in [0.717, 1.165) is 17.9 Å². The van der Waals surface area contributed by atoms with Crippen LogP contribution in [-0.4, -0.2) is 21.0 Å². The zero-order chi connectivity index (χ0) is 9.10. The second-order valence-corrected chi connectivity index (χ2v) is 2.92. The fourth-order valence-electron chi connectivity index (χ4n) is 1.25. The van der Waals surface area contributed by atoms with Crippen LogP contribution in [0, 0.1) is 0 Å². The number of nitrogens with one attached hydrogen (secondary N) is 2. The van der Waals surface area contributed by atoms with Crippen LogP contribution in [0.4, 0.5) is 0 Å². The summed E-state index contributed by atoms with van der Waals surface area (Å²) in [6.45, 7) is 0.596. The van der Waals surface area contributed by atoms with Crippen molar-refractivity contribution in [2.45, 2.75) is 19.4 Å². The number of ketones is 1. The SMILES string of the molecule is O=C1C=C(NCc2ncn[nH]2)CC1. The highest BCUT2D eigenvalue weighted by Gasteiger charge is 2.11. The van der Waals surface area contributed by atoms with Gasteiger partial charge in [0.2, 0.25) is 0 Å². The first kappa shape index (κ1) is 7.97. The Kier molecular flexibility index (Phi) is 2.08. The van der Waals surface area contributed by atoms with E-state index in [1.165, 1.54) is 6.33 Å². The summed E-state index contributed by atoms with van der Waals surface area (Å²) in [7, 11) is 0. The van der Waals surface area contributed by atoms with Gasteiger partial charge in [0.05, 0.1) is 6.54 Å². The van der Waals surface area contributed by atoms with Gasteiger partial charge >= 0.3 is 0 Å². The van der Waals surface area contributed by atoms with Gasteiger partial charge in [-0.15, -0.1) is 0 Å². The number of carbonyl (C=O) groups is 1. The van der Waals surface area contributed by atoms with E-state index in [-0.39, 0.29) is 5.78 Å². The molecular weight excluding hydrogens is 168 g/mol. The Balaban J connectivity index is 1.87. The van der Waals surface area contributed by atoms with Crippen molar-refractivity contribution in [3.8, 4) is 0 Å². The Morgan fingerprint density at radius 3 is 3.08 bits per heavy atom. The molecular formula is C8H10N4O. The minimum atomic E-state index is 0.195. The summed E-state index contributed by atoms with van der Waals surface area (Å²) in [5.74, 6) is 0.973. The Hall–Kier alpha value is -1.65. The molecule has 1 heterocycles. The summed E-state index contributed by atoms with van der Waals surface area (Å²) in [5, 5.41) is 9.58. The molecule has 0 saturated carbocycles. The third-order valence-electron chi connectivity index (χ3n) is 1.92. The summed E-state index contributed by atoms with van der Waals surface area (Å²) in [6.07, 6.45) is 4.55. The summed E-state index contributed by atoms with van der Waals surface area (Å²) >= 11 is 0. The van der Waals surface area contributed by atoms with Crippen molar-refractivity contribution in [1.29, 1.82) is 0 Å². The highest BCUT2D eigenvalue weighted by molar-refractivity contribution is 5.92. The van der Waals surface area contributed by atoms with Gasteiger partial charge in [-0.1, -0.05) is 0 Å². The molecule has 2 rings (SSSR count). The fourth-order valence-corrected chi connectivity index (χ4v) is 1.25. The van der Waals surface area contributed by atoms with Crippen LogP contribution in [0.5, 0.6) is 0 Å². The van der Waals surface area contributed by atoms with Crippen LogP contribution in [0.25, 0.3) is 0 Å². The lowest BCUT2D eigenvalue weighted by Crippen LogP contribution is -2.12. The topological polar surface area (TPSA) is 70.7 Å². The quantitative estimate of drug-likeness (QED) is 0.690. The smallest absolute Gasteiger partial charge is 0.157 e. The molecule has 5 nitrogen and oxygen atoms in total. The van der Waals surface area contributed by atoms with E-state index in [1.54, 1.807) is 6.08 Å². The van der Waals surface area contributed by atoms with E-state index >= 15 is 0 Å². The summed E-state index contributed by atoms with van der Waals surface area (Å²) in [6, 6.07) is 0. The average molecular weight is 178 g/mol. The van der Waals surface area contributed by atoms with Gasteiger partial charge in [-0.25, -0.2) is 4.98 Å². The number of nitrogens with zero attached hydrogens (tertiary/aromatic N) is 2. The molecule has 0 radical (unpaired) electrons. The molecule has 0 bridgehead atoms. The molecule has 0 atom stereocenters. The number of hydrogen-bond donors (Lipinski definition) is 2. The molecule has 0 aliphatic heterocycles. The van der Waals surface area contributed by atoms with E-state index in [4.69, 9.17) is 0 Å². The van der Waals surface area contributed by atoms with Gasteiger partial charge in [-0.2, -0.15) is 5.10 Å². The lowest BCUT2D eigenvalue weighted by molar-refractivity contribution is -0.114. The molecule has 0 fully saturated rings. The van der Waals surface area contributed by atoms with Crippen molar-refractivity contribution in [1.82, 2.24) is 20.5 Å². The highest BCUT2D eigenvalue weighted by Crippen LogP contribution is 2.11. The summed E-state index contributed by atoms with van der Waals surface area (Å²) in [4.78, 5) is 14.8. The monoisotopic (exact) mass is 178 g/mol. The van der Waals surface area contributed by atoms with Crippen molar-refractivity contribution in [2.24, 2.45) is 0 Å². The third-order valence-corrected chi connectivity index (χ3v) is 1.92. The number of hydrogen-bond acceptors (Lipinski definition) is 4. The van der Waals surface area contributed by atoms with E-state index in [0.29, 0.717) is 13.0 Å². The Labute approximate surface area is 75.3 Å². The molecule has 1 aliphatic carbocycles. The zero-order valence-corrected chi connectivity index (χ0v) is 7.08. The normalized spacial score (nSPS) is 16.0. The molecule has 1 aromatic rings. The predicted molar refractivity (Wildman–Crippen MR) is 45.5 cm³/mol. The number of H-pyrrole nitrogens is 1. The minimum absolute atomic E-state index is 0.195. The number of rotatable bonds is 3. The predicted octanol–water partition coefficient (Wildman–Crippen LogP) is 0.141. The molecule has 5 heteroatoms. The van der Waals surface area contributed by atoms with E-state index in [9.17, 15) is 4.79 Å². The maximum Gasteiger partial charge on any atom is 0.157 e. The molecule has 2 N–H and O–H groups in total. The van der Waals surface area contributed by atoms with Gasteiger partial charge in [-0.3, -0.25) is 9.89 Å².